The molecule has 13 heavy (non-hydrogen) atoms. The van der Waals surface area contributed by atoms with Gasteiger partial charge in [-0.3, -0.25) is 0 Å². The number of halogens is 1. The maximum Gasteiger partial charge on any atom is 0.161 e. The van der Waals surface area contributed by atoms with Crippen LogP contribution in [-0.2, 0) is 0 Å². The number of nitriles is 1. The molecule has 0 fully saturated rings. The van der Waals surface area contributed by atoms with Gasteiger partial charge in [0.1, 0.15) is 11.9 Å². The van der Waals surface area contributed by atoms with Crippen LogP contribution in [0, 0.1) is 11.3 Å². The van der Waals surface area contributed by atoms with Gasteiger partial charge in [0.05, 0.1) is 11.6 Å². The average molecular weight is 198 g/mol. The van der Waals surface area contributed by atoms with E-state index in [-0.39, 0.29) is 12.3 Å². The molecule has 0 aliphatic carbocycles. The number of pyridine rings is 1. The van der Waals surface area contributed by atoms with E-state index in [1.54, 1.807) is 12.1 Å². The third-order valence-corrected chi connectivity index (χ3v) is 1.67. The molecule has 68 valence electrons. The SMILES string of the molecule is N#Cc1nc(NCCO)ccc1Cl. The van der Waals surface area contributed by atoms with Crippen LogP contribution in [0.25, 0.3) is 0 Å². The highest BCUT2D eigenvalue weighted by Gasteiger charge is 2.01. The molecule has 0 aliphatic heterocycles. The van der Waals surface area contributed by atoms with Gasteiger partial charge in [-0.2, -0.15) is 5.26 Å². The molecule has 4 nitrogen and oxygen atoms in total. The van der Waals surface area contributed by atoms with E-state index in [0.29, 0.717) is 17.4 Å². The van der Waals surface area contributed by atoms with Gasteiger partial charge in [0.15, 0.2) is 5.69 Å². The summed E-state index contributed by atoms with van der Waals surface area (Å²) in [7, 11) is 0. The van der Waals surface area contributed by atoms with Crippen LogP contribution in [0.4, 0.5) is 5.82 Å². The number of anilines is 1. The Morgan fingerprint density at radius 3 is 3.00 bits per heavy atom. The van der Waals surface area contributed by atoms with E-state index in [9.17, 15) is 0 Å². The molecule has 0 saturated carbocycles. The molecular weight excluding hydrogens is 190 g/mol. The van der Waals surface area contributed by atoms with Crippen molar-refractivity contribution in [2.24, 2.45) is 0 Å². The maximum atomic E-state index is 8.59. The Morgan fingerprint density at radius 1 is 1.62 bits per heavy atom. The molecular formula is C8H8ClN3O. The number of aliphatic hydroxyl groups excluding tert-OH is 1. The van der Waals surface area contributed by atoms with Crippen LogP contribution in [-0.4, -0.2) is 23.2 Å². The molecule has 1 aromatic rings. The fraction of sp³-hybridized carbons (Fsp3) is 0.250. The molecule has 0 atom stereocenters. The van der Waals surface area contributed by atoms with Gasteiger partial charge in [0, 0.05) is 6.54 Å². The summed E-state index contributed by atoms with van der Waals surface area (Å²) < 4.78 is 0. The fourth-order valence-electron chi connectivity index (χ4n) is 0.803. The van der Waals surface area contributed by atoms with Gasteiger partial charge < -0.3 is 10.4 Å². The zero-order chi connectivity index (χ0) is 9.68. The second-order valence-electron chi connectivity index (χ2n) is 2.29. The number of hydrogen-bond donors (Lipinski definition) is 2. The molecule has 2 N–H and O–H groups in total. The van der Waals surface area contributed by atoms with Crippen LogP contribution in [0.3, 0.4) is 0 Å². The summed E-state index contributed by atoms with van der Waals surface area (Å²) in [4.78, 5) is 3.91. The van der Waals surface area contributed by atoms with Crippen LogP contribution in [0.1, 0.15) is 5.69 Å². The first-order valence-electron chi connectivity index (χ1n) is 3.69. The van der Waals surface area contributed by atoms with E-state index in [1.807, 2.05) is 6.07 Å². The number of aliphatic hydroxyl groups is 1. The Kier molecular flexibility index (Phi) is 3.50. The highest BCUT2D eigenvalue weighted by molar-refractivity contribution is 6.31. The predicted octanol–water partition coefficient (Wildman–Crippen LogP) is 1.01. The standard InChI is InChI=1S/C8H8ClN3O/c9-6-1-2-8(11-3-4-13)12-7(6)5-10/h1-2,13H,3-4H2,(H,11,12). The summed E-state index contributed by atoms with van der Waals surface area (Å²) >= 11 is 5.67. The smallest absolute Gasteiger partial charge is 0.161 e. The molecule has 0 unspecified atom stereocenters. The van der Waals surface area contributed by atoms with E-state index in [2.05, 4.69) is 10.3 Å². The first-order chi connectivity index (χ1) is 6.27. The van der Waals surface area contributed by atoms with Gasteiger partial charge in [-0.25, -0.2) is 4.98 Å². The van der Waals surface area contributed by atoms with Crippen molar-refractivity contribution in [3.05, 3.63) is 22.8 Å². The van der Waals surface area contributed by atoms with Gasteiger partial charge >= 0.3 is 0 Å². The topological polar surface area (TPSA) is 68.9 Å². The Bertz CT molecular complexity index is 335. The summed E-state index contributed by atoms with van der Waals surface area (Å²) in [5.74, 6) is 0.537. The van der Waals surface area contributed by atoms with Gasteiger partial charge in [0.2, 0.25) is 0 Å². The summed E-state index contributed by atoms with van der Waals surface area (Å²) in [6.45, 7) is 0.422. The normalized spacial score (nSPS) is 9.31. The molecule has 0 spiro atoms. The van der Waals surface area contributed by atoms with Crippen molar-refractivity contribution in [3.63, 3.8) is 0 Å². The Labute approximate surface area is 80.8 Å². The minimum Gasteiger partial charge on any atom is -0.395 e. The van der Waals surface area contributed by atoms with Gasteiger partial charge in [0.25, 0.3) is 0 Å². The molecule has 0 aliphatic rings. The number of rotatable bonds is 3. The molecule has 0 saturated heterocycles. The fourth-order valence-corrected chi connectivity index (χ4v) is 0.950. The largest absolute Gasteiger partial charge is 0.395 e. The Hall–Kier alpha value is -1.31. The number of hydrogen-bond acceptors (Lipinski definition) is 4. The molecule has 1 aromatic heterocycles. The van der Waals surface area contributed by atoms with Gasteiger partial charge in [-0.1, -0.05) is 11.6 Å². The lowest BCUT2D eigenvalue weighted by Crippen LogP contribution is -2.07. The molecule has 0 aromatic carbocycles. The zero-order valence-electron chi connectivity index (χ0n) is 6.79. The summed E-state index contributed by atoms with van der Waals surface area (Å²) in [5.41, 5.74) is 0.185. The monoisotopic (exact) mass is 197 g/mol. The molecule has 0 radical (unpaired) electrons. The zero-order valence-corrected chi connectivity index (χ0v) is 7.54. The Morgan fingerprint density at radius 2 is 2.38 bits per heavy atom. The second kappa shape index (κ2) is 4.65. The van der Waals surface area contributed by atoms with Crippen molar-refractivity contribution < 1.29 is 5.11 Å². The lowest BCUT2D eigenvalue weighted by Gasteiger charge is -2.03. The maximum absolute atomic E-state index is 8.59. The molecule has 1 rings (SSSR count). The first-order valence-corrected chi connectivity index (χ1v) is 4.07. The Balaban J connectivity index is 2.82. The first kappa shape index (κ1) is 9.78. The van der Waals surface area contributed by atoms with Crippen LogP contribution in [0.15, 0.2) is 12.1 Å². The van der Waals surface area contributed by atoms with Gasteiger partial charge in [-0.05, 0) is 12.1 Å². The van der Waals surface area contributed by atoms with Crippen molar-refractivity contribution in [1.82, 2.24) is 4.98 Å². The minimum absolute atomic E-state index is 0.0200. The molecule has 5 heteroatoms. The van der Waals surface area contributed by atoms with E-state index < -0.39 is 0 Å². The second-order valence-corrected chi connectivity index (χ2v) is 2.70. The van der Waals surface area contributed by atoms with Crippen LogP contribution >= 0.6 is 11.6 Å². The van der Waals surface area contributed by atoms with Crippen molar-refractivity contribution in [3.8, 4) is 6.07 Å². The number of nitrogens with one attached hydrogen (secondary N) is 1. The predicted molar refractivity (Wildman–Crippen MR) is 49.5 cm³/mol. The summed E-state index contributed by atoms with van der Waals surface area (Å²) in [6.07, 6.45) is 0. The molecule has 0 bridgehead atoms. The highest BCUT2D eigenvalue weighted by Crippen LogP contribution is 2.15. The minimum atomic E-state index is 0.0200. The summed E-state index contributed by atoms with van der Waals surface area (Å²) in [6, 6.07) is 5.11. The van der Waals surface area contributed by atoms with E-state index >= 15 is 0 Å². The summed E-state index contributed by atoms with van der Waals surface area (Å²) in [5, 5.41) is 20.3. The van der Waals surface area contributed by atoms with Crippen molar-refractivity contribution >= 4 is 17.4 Å². The van der Waals surface area contributed by atoms with Crippen LogP contribution in [0.5, 0.6) is 0 Å². The van der Waals surface area contributed by atoms with Crippen molar-refractivity contribution in [2.45, 2.75) is 0 Å². The lowest BCUT2D eigenvalue weighted by molar-refractivity contribution is 0.311. The molecule has 1 heterocycles. The number of nitrogens with zero attached hydrogens (tertiary/aromatic N) is 2. The average Bonchev–Trinajstić information content (AvgIpc) is 2.16. The van der Waals surface area contributed by atoms with Gasteiger partial charge in [-0.15, -0.1) is 0 Å². The van der Waals surface area contributed by atoms with E-state index in [1.165, 1.54) is 0 Å². The van der Waals surface area contributed by atoms with Crippen molar-refractivity contribution in [2.75, 3.05) is 18.5 Å². The van der Waals surface area contributed by atoms with E-state index in [4.69, 9.17) is 22.0 Å². The third kappa shape index (κ3) is 2.58. The van der Waals surface area contributed by atoms with Crippen molar-refractivity contribution in [1.29, 1.82) is 5.26 Å². The van der Waals surface area contributed by atoms with Crippen LogP contribution in [0.2, 0.25) is 5.02 Å². The third-order valence-electron chi connectivity index (χ3n) is 1.37. The highest BCUT2D eigenvalue weighted by atomic mass is 35.5. The number of aromatic nitrogens is 1. The van der Waals surface area contributed by atoms with Crippen LogP contribution < -0.4 is 5.32 Å². The van der Waals surface area contributed by atoms with E-state index in [0.717, 1.165) is 0 Å². The quantitative estimate of drug-likeness (QED) is 0.759. The lowest BCUT2D eigenvalue weighted by atomic mass is 10.3. The molecule has 0 amide bonds.